The molecule has 4 heteroatoms. The highest BCUT2D eigenvalue weighted by atomic mass is 16.5. The molecule has 0 N–H and O–H groups in total. The number of rotatable bonds is 4. The minimum atomic E-state index is -0.624. The Kier molecular flexibility index (Phi) is 4.99. The third-order valence-corrected chi connectivity index (χ3v) is 2.24. The summed E-state index contributed by atoms with van der Waals surface area (Å²) in [5.41, 5.74) is 1.72. The van der Waals surface area contributed by atoms with Gasteiger partial charge in [-0.25, -0.2) is 4.79 Å². The predicted octanol–water partition coefficient (Wildman–Crippen LogP) is 2.17. The van der Waals surface area contributed by atoms with Crippen LogP contribution in [0.4, 0.5) is 0 Å². The number of carbonyl (C=O) groups is 2. The van der Waals surface area contributed by atoms with E-state index >= 15 is 0 Å². The van der Waals surface area contributed by atoms with E-state index in [2.05, 4.69) is 9.72 Å². The van der Waals surface area contributed by atoms with E-state index in [4.69, 9.17) is 0 Å². The highest BCUT2D eigenvalue weighted by Gasteiger charge is 2.14. The highest BCUT2D eigenvalue weighted by molar-refractivity contribution is 6.16. The van der Waals surface area contributed by atoms with E-state index in [1.165, 1.54) is 20.1 Å². The quantitative estimate of drug-likeness (QED) is 0.268. The van der Waals surface area contributed by atoms with E-state index in [1.807, 2.05) is 18.2 Å². The third-order valence-electron chi connectivity index (χ3n) is 2.24. The van der Waals surface area contributed by atoms with Crippen molar-refractivity contribution >= 4 is 17.8 Å². The molecule has 0 unspecified atom stereocenters. The molecule has 18 heavy (non-hydrogen) atoms. The van der Waals surface area contributed by atoms with Crippen LogP contribution in [0.5, 0.6) is 0 Å². The molecule has 94 valence electrons. The van der Waals surface area contributed by atoms with Crippen molar-refractivity contribution in [1.82, 2.24) is 4.98 Å². The first-order valence-corrected chi connectivity index (χ1v) is 5.44. The lowest BCUT2D eigenvalue weighted by Gasteiger charge is -2.01. The first kappa shape index (κ1) is 13.8. The van der Waals surface area contributed by atoms with Crippen LogP contribution in [0.3, 0.4) is 0 Å². The molecule has 0 aliphatic carbocycles. The van der Waals surface area contributed by atoms with Crippen molar-refractivity contribution in [2.24, 2.45) is 0 Å². The lowest BCUT2D eigenvalue weighted by atomic mass is 10.1. The number of hydrogen-bond donors (Lipinski definition) is 0. The molecule has 0 radical (unpaired) electrons. The molecule has 0 bridgehead atoms. The van der Waals surface area contributed by atoms with Crippen LogP contribution < -0.4 is 0 Å². The summed E-state index contributed by atoms with van der Waals surface area (Å²) in [7, 11) is 1.25. The largest absolute Gasteiger partial charge is 0.465 e. The van der Waals surface area contributed by atoms with Crippen molar-refractivity contribution in [1.29, 1.82) is 0 Å². The van der Waals surface area contributed by atoms with Gasteiger partial charge < -0.3 is 4.74 Å². The number of ketones is 1. The van der Waals surface area contributed by atoms with Crippen LogP contribution in [-0.4, -0.2) is 23.8 Å². The zero-order valence-electron chi connectivity index (χ0n) is 10.6. The highest BCUT2D eigenvalue weighted by Crippen LogP contribution is 2.10. The maximum atomic E-state index is 11.4. The van der Waals surface area contributed by atoms with Gasteiger partial charge in [-0.15, -0.1) is 0 Å². The zero-order chi connectivity index (χ0) is 13.5. The molecule has 0 saturated heterocycles. The molecule has 0 spiro atoms. The van der Waals surface area contributed by atoms with Gasteiger partial charge in [0.15, 0.2) is 5.78 Å². The zero-order valence-corrected chi connectivity index (χ0v) is 10.6. The summed E-state index contributed by atoms with van der Waals surface area (Å²) in [5, 5.41) is 0. The Morgan fingerprint density at radius 3 is 2.56 bits per heavy atom. The molecule has 0 atom stereocenters. The van der Waals surface area contributed by atoms with Gasteiger partial charge in [-0.05, 0) is 37.1 Å². The number of nitrogens with zero attached hydrogens (tertiary/aromatic N) is 1. The average molecular weight is 245 g/mol. The number of aromatic nitrogens is 1. The van der Waals surface area contributed by atoms with E-state index < -0.39 is 5.97 Å². The summed E-state index contributed by atoms with van der Waals surface area (Å²) in [5.74, 6) is -0.942. The topological polar surface area (TPSA) is 56.3 Å². The minimum Gasteiger partial charge on any atom is -0.465 e. The second-order valence-corrected chi connectivity index (χ2v) is 3.78. The number of esters is 1. The predicted molar refractivity (Wildman–Crippen MR) is 68.7 cm³/mol. The van der Waals surface area contributed by atoms with Crippen LogP contribution in [0.25, 0.3) is 6.08 Å². The van der Waals surface area contributed by atoms with Crippen LogP contribution in [0, 0.1) is 0 Å². The number of carbonyl (C=O) groups excluding carboxylic acids is 2. The van der Waals surface area contributed by atoms with Gasteiger partial charge in [-0.1, -0.05) is 12.1 Å². The lowest BCUT2D eigenvalue weighted by molar-refractivity contribution is -0.137. The van der Waals surface area contributed by atoms with Crippen molar-refractivity contribution in [2.75, 3.05) is 7.11 Å². The monoisotopic (exact) mass is 245 g/mol. The fraction of sp³-hybridized carbons (Fsp3) is 0.214. The van der Waals surface area contributed by atoms with Gasteiger partial charge in [0.25, 0.3) is 0 Å². The Morgan fingerprint density at radius 1 is 1.33 bits per heavy atom. The van der Waals surface area contributed by atoms with Crippen LogP contribution >= 0.6 is 0 Å². The Morgan fingerprint density at radius 2 is 2.06 bits per heavy atom. The summed E-state index contributed by atoms with van der Waals surface area (Å²) < 4.78 is 4.56. The van der Waals surface area contributed by atoms with Gasteiger partial charge >= 0.3 is 5.97 Å². The number of allylic oxidation sites excluding steroid dienone is 2. The normalized spacial score (nSPS) is 12.2. The average Bonchev–Trinajstić information content (AvgIpc) is 2.36. The molecule has 1 aromatic rings. The molecular weight excluding hydrogens is 230 g/mol. The van der Waals surface area contributed by atoms with Crippen LogP contribution in [-0.2, 0) is 14.3 Å². The van der Waals surface area contributed by atoms with Gasteiger partial charge in [0.05, 0.1) is 7.11 Å². The summed E-state index contributed by atoms with van der Waals surface area (Å²) in [6.07, 6.45) is 6.72. The second kappa shape index (κ2) is 6.49. The molecule has 0 aliphatic rings. The summed E-state index contributed by atoms with van der Waals surface area (Å²) >= 11 is 0. The van der Waals surface area contributed by atoms with E-state index in [1.54, 1.807) is 19.3 Å². The fourth-order valence-electron chi connectivity index (χ4n) is 1.41. The summed E-state index contributed by atoms with van der Waals surface area (Å²) in [6, 6.07) is 3.70. The van der Waals surface area contributed by atoms with Crippen LogP contribution in [0.1, 0.15) is 19.4 Å². The van der Waals surface area contributed by atoms with Crippen molar-refractivity contribution in [3.05, 3.63) is 47.3 Å². The first-order valence-electron chi connectivity index (χ1n) is 5.44. The fourth-order valence-corrected chi connectivity index (χ4v) is 1.41. The molecule has 1 aromatic heterocycles. The SMILES string of the molecule is COC(=O)/C(=C/C(C)=C/c1cccnc1)C(C)=O. The Bertz CT molecular complexity index is 501. The molecule has 0 saturated carbocycles. The van der Waals surface area contributed by atoms with E-state index in [0.717, 1.165) is 11.1 Å². The second-order valence-electron chi connectivity index (χ2n) is 3.78. The molecule has 1 rings (SSSR count). The van der Waals surface area contributed by atoms with E-state index in [9.17, 15) is 9.59 Å². The van der Waals surface area contributed by atoms with Gasteiger partial charge in [-0.3, -0.25) is 9.78 Å². The smallest absolute Gasteiger partial charge is 0.341 e. The van der Waals surface area contributed by atoms with Crippen LogP contribution in [0.2, 0.25) is 0 Å². The lowest BCUT2D eigenvalue weighted by Crippen LogP contribution is -2.11. The van der Waals surface area contributed by atoms with E-state index in [-0.39, 0.29) is 11.4 Å². The van der Waals surface area contributed by atoms with Gasteiger partial charge in [-0.2, -0.15) is 0 Å². The molecule has 0 aromatic carbocycles. The Hall–Kier alpha value is -2.23. The Labute approximate surface area is 106 Å². The Balaban J connectivity index is 3.02. The van der Waals surface area contributed by atoms with Gasteiger partial charge in [0.2, 0.25) is 0 Å². The van der Waals surface area contributed by atoms with Crippen molar-refractivity contribution in [3.8, 4) is 0 Å². The maximum absolute atomic E-state index is 11.4. The summed E-state index contributed by atoms with van der Waals surface area (Å²) in [4.78, 5) is 26.7. The number of Topliss-reactive ketones (excluding diaryl/α,β-unsaturated/α-hetero) is 1. The van der Waals surface area contributed by atoms with Crippen LogP contribution in [0.15, 0.2) is 41.7 Å². The standard InChI is InChI=1S/C14H15NO3/c1-10(7-12-5-4-6-15-9-12)8-13(11(2)16)14(17)18-3/h4-9H,1-3H3/b10-7+,13-8+. The summed E-state index contributed by atoms with van der Waals surface area (Å²) in [6.45, 7) is 3.14. The van der Waals surface area contributed by atoms with Crippen molar-refractivity contribution in [3.63, 3.8) is 0 Å². The molecule has 0 fully saturated rings. The molecule has 1 heterocycles. The molecule has 0 amide bonds. The maximum Gasteiger partial charge on any atom is 0.341 e. The molecule has 0 aliphatic heterocycles. The first-order chi connectivity index (χ1) is 8.54. The van der Waals surface area contributed by atoms with E-state index in [0.29, 0.717) is 0 Å². The molecule has 4 nitrogen and oxygen atoms in total. The van der Waals surface area contributed by atoms with Gasteiger partial charge in [0, 0.05) is 12.4 Å². The van der Waals surface area contributed by atoms with Crippen molar-refractivity contribution < 1.29 is 14.3 Å². The van der Waals surface area contributed by atoms with Gasteiger partial charge in [0.1, 0.15) is 5.57 Å². The minimum absolute atomic E-state index is 0.0372. The third kappa shape index (κ3) is 3.97. The number of pyridine rings is 1. The number of methoxy groups -OCH3 is 1. The number of ether oxygens (including phenoxy) is 1. The number of hydrogen-bond acceptors (Lipinski definition) is 4. The molecular formula is C14H15NO3. The van der Waals surface area contributed by atoms with Crippen molar-refractivity contribution in [2.45, 2.75) is 13.8 Å².